The van der Waals surface area contributed by atoms with Crippen LogP contribution in [0.4, 0.5) is 5.69 Å². The van der Waals surface area contributed by atoms with Crippen LogP contribution in [-0.4, -0.2) is 48.4 Å². The monoisotopic (exact) mass is 296 g/mol. The highest BCUT2D eigenvalue weighted by Crippen LogP contribution is 2.30. The lowest BCUT2D eigenvalue weighted by molar-refractivity contribution is -0.385. The minimum atomic E-state index is -1.09. The largest absolute Gasteiger partial charge is 0.490 e. The molecule has 8 heteroatoms. The molecule has 1 aliphatic rings. The van der Waals surface area contributed by atoms with E-state index in [2.05, 4.69) is 5.32 Å². The number of ether oxygens (including phenoxy) is 2. The molecule has 1 amide bonds. The number of nitrogens with zero attached hydrogens (tertiary/aromatic N) is 1. The van der Waals surface area contributed by atoms with E-state index in [-0.39, 0.29) is 30.2 Å². The van der Waals surface area contributed by atoms with Crippen LogP contribution in [0.1, 0.15) is 16.8 Å². The number of nitro benzene ring substituents is 1. The van der Waals surface area contributed by atoms with Crippen molar-refractivity contribution in [2.75, 3.05) is 26.9 Å². The van der Waals surface area contributed by atoms with Crippen molar-refractivity contribution >= 4 is 11.6 Å². The Balaban J connectivity index is 2.15. The number of methoxy groups -OCH3 is 1. The van der Waals surface area contributed by atoms with Gasteiger partial charge in [0.2, 0.25) is 5.75 Å². The van der Waals surface area contributed by atoms with E-state index in [1.807, 2.05) is 0 Å². The number of aliphatic hydroxyl groups is 1. The minimum Gasteiger partial charge on any atom is -0.490 e. The van der Waals surface area contributed by atoms with E-state index in [1.54, 1.807) is 0 Å². The fourth-order valence-corrected chi connectivity index (χ4v) is 2.14. The Morgan fingerprint density at radius 2 is 2.38 bits per heavy atom. The lowest BCUT2D eigenvalue weighted by atomic mass is 10.0. The maximum Gasteiger partial charge on any atom is 0.311 e. The van der Waals surface area contributed by atoms with Crippen molar-refractivity contribution in [2.24, 2.45) is 0 Å². The van der Waals surface area contributed by atoms with E-state index in [4.69, 9.17) is 9.47 Å². The number of nitrogens with one attached hydrogen (secondary N) is 1. The zero-order valence-electron chi connectivity index (χ0n) is 11.5. The van der Waals surface area contributed by atoms with E-state index in [0.29, 0.717) is 13.0 Å². The van der Waals surface area contributed by atoms with Crippen molar-refractivity contribution in [1.82, 2.24) is 5.32 Å². The summed E-state index contributed by atoms with van der Waals surface area (Å²) >= 11 is 0. The van der Waals surface area contributed by atoms with E-state index in [9.17, 15) is 20.0 Å². The molecule has 0 aromatic heterocycles. The molecule has 0 saturated carbocycles. The first kappa shape index (κ1) is 15.2. The highest BCUT2D eigenvalue weighted by molar-refractivity contribution is 5.98. The Morgan fingerprint density at radius 3 is 2.95 bits per heavy atom. The molecule has 1 heterocycles. The number of rotatable bonds is 5. The van der Waals surface area contributed by atoms with Crippen molar-refractivity contribution in [2.45, 2.75) is 12.0 Å². The van der Waals surface area contributed by atoms with Crippen molar-refractivity contribution in [1.29, 1.82) is 0 Å². The van der Waals surface area contributed by atoms with E-state index >= 15 is 0 Å². The molecule has 1 aromatic carbocycles. The second kappa shape index (κ2) is 6.06. The molecule has 1 fully saturated rings. The lowest BCUT2D eigenvalue weighted by Crippen LogP contribution is -2.43. The van der Waals surface area contributed by atoms with Gasteiger partial charge in [0.05, 0.1) is 24.2 Å². The lowest BCUT2D eigenvalue weighted by Gasteiger charge is -2.20. The summed E-state index contributed by atoms with van der Waals surface area (Å²) in [6.07, 6.45) is 0.430. The minimum absolute atomic E-state index is 0.0116. The summed E-state index contributed by atoms with van der Waals surface area (Å²) in [5.74, 6) is -0.648. The molecule has 21 heavy (non-hydrogen) atoms. The van der Waals surface area contributed by atoms with Crippen LogP contribution < -0.4 is 10.1 Å². The number of hydrogen-bond donors (Lipinski definition) is 2. The molecule has 2 rings (SSSR count). The predicted octanol–water partition coefficient (Wildman–Crippen LogP) is 0.485. The van der Waals surface area contributed by atoms with Gasteiger partial charge < -0.3 is 19.9 Å². The standard InChI is InChI=1S/C13H16N2O6/c1-20-11-9(3-2-4-10(11)15(18)19)12(16)14-7-13(17)5-6-21-8-13/h2-4,17H,5-8H2,1H3,(H,14,16). The molecule has 0 aliphatic carbocycles. The summed E-state index contributed by atoms with van der Waals surface area (Å²) in [5.41, 5.74) is -1.33. The maximum absolute atomic E-state index is 12.1. The highest BCUT2D eigenvalue weighted by Gasteiger charge is 2.33. The molecule has 8 nitrogen and oxygen atoms in total. The van der Waals surface area contributed by atoms with Crippen LogP contribution in [0.15, 0.2) is 18.2 Å². The normalized spacial score (nSPS) is 21.0. The van der Waals surface area contributed by atoms with E-state index in [1.165, 1.54) is 25.3 Å². The quantitative estimate of drug-likeness (QED) is 0.604. The summed E-state index contributed by atoms with van der Waals surface area (Å²) in [5, 5.41) is 23.5. The fraction of sp³-hybridized carbons (Fsp3) is 0.462. The number of carbonyl (C=O) groups excluding carboxylic acids is 1. The van der Waals surface area contributed by atoms with Gasteiger partial charge in [-0.15, -0.1) is 0 Å². The molecule has 0 spiro atoms. The van der Waals surface area contributed by atoms with Gasteiger partial charge in [0.25, 0.3) is 5.91 Å². The van der Waals surface area contributed by atoms with Gasteiger partial charge in [-0.05, 0) is 6.07 Å². The number of carbonyl (C=O) groups is 1. The van der Waals surface area contributed by atoms with Gasteiger partial charge in [-0.1, -0.05) is 6.07 Å². The molecular formula is C13H16N2O6. The highest BCUT2D eigenvalue weighted by atomic mass is 16.6. The zero-order chi connectivity index (χ0) is 15.5. The average Bonchev–Trinajstić information content (AvgIpc) is 2.91. The van der Waals surface area contributed by atoms with Gasteiger partial charge in [0.1, 0.15) is 5.60 Å². The molecule has 0 radical (unpaired) electrons. The van der Waals surface area contributed by atoms with Gasteiger partial charge in [-0.3, -0.25) is 14.9 Å². The third-order valence-corrected chi connectivity index (χ3v) is 3.30. The van der Waals surface area contributed by atoms with Crippen molar-refractivity contribution in [3.8, 4) is 5.75 Å². The number of benzene rings is 1. The fourth-order valence-electron chi connectivity index (χ4n) is 2.14. The number of nitro groups is 1. The van der Waals surface area contributed by atoms with Gasteiger partial charge in [0.15, 0.2) is 0 Å². The van der Waals surface area contributed by atoms with Crippen LogP contribution in [0.5, 0.6) is 5.75 Å². The molecule has 1 unspecified atom stereocenters. The van der Waals surface area contributed by atoms with Gasteiger partial charge in [-0.25, -0.2) is 0 Å². The van der Waals surface area contributed by atoms with Crippen LogP contribution in [0.2, 0.25) is 0 Å². The van der Waals surface area contributed by atoms with Crippen molar-refractivity contribution < 1.29 is 24.3 Å². The summed E-state index contributed by atoms with van der Waals surface area (Å²) < 4.78 is 10.0. The third-order valence-electron chi connectivity index (χ3n) is 3.30. The third kappa shape index (κ3) is 3.29. The molecule has 1 atom stereocenters. The SMILES string of the molecule is COc1c(C(=O)NCC2(O)CCOC2)cccc1[N+](=O)[O-]. The van der Waals surface area contributed by atoms with Gasteiger partial charge in [-0.2, -0.15) is 0 Å². The Hall–Kier alpha value is -2.19. The topological polar surface area (TPSA) is 111 Å². The van der Waals surface area contributed by atoms with Crippen LogP contribution in [0.25, 0.3) is 0 Å². The second-order valence-electron chi connectivity index (χ2n) is 4.82. The molecule has 2 N–H and O–H groups in total. The molecule has 1 aliphatic heterocycles. The summed E-state index contributed by atoms with van der Waals surface area (Å²) in [7, 11) is 1.26. The van der Waals surface area contributed by atoms with Crippen molar-refractivity contribution in [3.05, 3.63) is 33.9 Å². The Labute approximate surface area is 120 Å². The average molecular weight is 296 g/mol. The molecule has 114 valence electrons. The Bertz CT molecular complexity index is 554. The summed E-state index contributed by atoms with van der Waals surface area (Å²) in [6.45, 7) is 0.601. The van der Waals surface area contributed by atoms with E-state index < -0.39 is 16.4 Å². The smallest absolute Gasteiger partial charge is 0.311 e. The summed E-state index contributed by atoms with van der Waals surface area (Å²) in [4.78, 5) is 22.4. The maximum atomic E-state index is 12.1. The van der Waals surface area contributed by atoms with Crippen LogP contribution >= 0.6 is 0 Å². The summed E-state index contributed by atoms with van der Waals surface area (Å²) in [6, 6.07) is 4.09. The number of amides is 1. The van der Waals surface area contributed by atoms with Crippen LogP contribution in [0, 0.1) is 10.1 Å². The van der Waals surface area contributed by atoms with Crippen LogP contribution in [0.3, 0.4) is 0 Å². The van der Waals surface area contributed by atoms with Crippen molar-refractivity contribution in [3.63, 3.8) is 0 Å². The number of para-hydroxylation sites is 1. The predicted molar refractivity (Wildman–Crippen MR) is 72.4 cm³/mol. The molecule has 1 aromatic rings. The van der Waals surface area contributed by atoms with E-state index in [0.717, 1.165) is 0 Å². The Morgan fingerprint density at radius 1 is 1.62 bits per heavy atom. The van der Waals surface area contributed by atoms with Gasteiger partial charge >= 0.3 is 5.69 Å². The first-order chi connectivity index (χ1) is 9.97. The van der Waals surface area contributed by atoms with Crippen LogP contribution in [-0.2, 0) is 4.74 Å². The second-order valence-corrected chi connectivity index (χ2v) is 4.82. The molecule has 1 saturated heterocycles. The van der Waals surface area contributed by atoms with Gasteiger partial charge in [0, 0.05) is 25.6 Å². The molecule has 0 bridgehead atoms. The molecular weight excluding hydrogens is 280 g/mol. The first-order valence-electron chi connectivity index (χ1n) is 6.36. The Kier molecular flexibility index (Phi) is 4.39. The first-order valence-corrected chi connectivity index (χ1v) is 6.36. The number of hydrogen-bond acceptors (Lipinski definition) is 6. The zero-order valence-corrected chi connectivity index (χ0v) is 11.5.